The molecule has 2 fully saturated rings. The largest absolute Gasteiger partial charge is 0.488 e. The summed E-state index contributed by atoms with van der Waals surface area (Å²) in [6, 6.07) is 6.38. The fraction of sp³-hybridized carbons (Fsp3) is 0.417. The number of aromatic amines is 1. The number of halogens is 1. The van der Waals surface area contributed by atoms with Gasteiger partial charge in [0.15, 0.2) is 5.15 Å². The van der Waals surface area contributed by atoms with Crippen molar-refractivity contribution in [1.29, 1.82) is 0 Å². The lowest BCUT2D eigenvalue weighted by molar-refractivity contribution is 0.122. The van der Waals surface area contributed by atoms with Gasteiger partial charge in [0.25, 0.3) is 0 Å². The quantitative estimate of drug-likeness (QED) is 0.411. The van der Waals surface area contributed by atoms with Crippen molar-refractivity contribution < 1.29 is 9.47 Å². The van der Waals surface area contributed by atoms with Crippen molar-refractivity contribution in [3.05, 3.63) is 41.9 Å². The second-order valence-electron chi connectivity index (χ2n) is 8.78. The maximum atomic E-state index is 6.52. The smallest absolute Gasteiger partial charge is 0.225 e. The maximum absolute atomic E-state index is 6.52. The first-order valence-corrected chi connectivity index (χ1v) is 12.1. The van der Waals surface area contributed by atoms with Crippen LogP contribution in [-0.4, -0.2) is 63.4 Å². The Balaban J connectivity index is 1.14. The Bertz CT molecular complexity index is 1300. The highest BCUT2D eigenvalue weighted by Crippen LogP contribution is 2.33. The molecule has 10 heteroatoms. The molecule has 1 aliphatic carbocycles. The zero-order chi connectivity index (χ0) is 22.9. The van der Waals surface area contributed by atoms with Gasteiger partial charge in [0.05, 0.1) is 30.4 Å². The van der Waals surface area contributed by atoms with E-state index in [1.807, 2.05) is 12.3 Å². The minimum atomic E-state index is 0.125. The molecule has 2 N–H and O–H groups in total. The third kappa shape index (κ3) is 4.33. The van der Waals surface area contributed by atoms with E-state index in [-0.39, 0.29) is 12.1 Å². The van der Waals surface area contributed by atoms with Crippen molar-refractivity contribution >= 4 is 45.3 Å². The van der Waals surface area contributed by atoms with E-state index in [2.05, 4.69) is 47.3 Å². The molecule has 0 bridgehead atoms. The van der Waals surface area contributed by atoms with Gasteiger partial charge in [-0.2, -0.15) is 4.98 Å². The standard InChI is InChI=1S/C24H26ClN7O2/c25-23-22-18(5-6-27-22)30-24(31-23)29-15-1-3-17(4-2-15)34-20-14-16(32-9-11-33-12-10-32)13-19-21(20)28-8-7-26-19/h5-8,13-15,17,27H,1-4,9-12H2,(H,29,30,31)/t15-,17+. The molecule has 2 aliphatic rings. The molecule has 6 rings (SSSR count). The first-order valence-electron chi connectivity index (χ1n) is 11.7. The van der Waals surface area contributed by atoms with Gasteiger partial charge in [-0.15, -0.1) is 0 Å². The summed E-state index contributed by atoms with van der Waals surface area (Å²) in [5.41, 5.74) is 4.34. The maximum Gasteiger partial charge on any atom is 0.225 e. The summed E-state index contributed by atoms with van der Waals surface area (Å²) < 4.78 is 12.0. The molecule has 1 saturated heterocycles. The van der Waals surface area contributed by atoms with Crippen LogP contribution in [0.3, 0.4) is 0 Å². The minimum Gasteiger partial charge on any atom is -0.488 e. The number of hydrogen-bond donors (Lipinski definition) is 2. The van der Waals surface area contributed by atoms with Gasteiger partial charge in [-0.3, -0.25) is 4.98 Å². The Hall–Kier alpha value is -3.17. The van der Waals surface area contributed by atoms with Crippen LogP contribution in [0.4, 0.5) is 11.6 Å². The number of anilines is 2. The van der Waals surface area contributed by atoms with Gasteiger partial charge in [-0.1, -0.05) is 11.6 Å². The predicted molar refractivity (Wildman–Crippen MR) is 132 cm³/mol. The zero-order valence-corrected chi connectivity index (χ0v) is 19.5. The fourth-order valence-electron chi connectivity index (χ4n) is 4.78. The Kier molecular flexibility index (Phi) is 5.80. The lowest BCUT2D eigenvalue weighted by Gasteiger charge is -2.31. The number of morpholine rings is 1. The van der Waals surface area contributed by atoms with Crippen LogP contribution in [0.5, 0.6) is 5.75 Å². The highest BCUT2D eigenvalue weighted by atomic mass is 35.5. The summed E-state index contributed by atoms with van der Waals surface area (Å²) >= 11 is 6.29. The van der Waals surface area contributed by atoms with Crippen LogP contribution in [-0.2, 0) is 4.74 Å². The van der Waals surface area contributed by atoms with Crippen LogP contribution in [0, 0.1) is 0 Å². The number of H-pyrrole nitrogens is 1. The minimum absolute atomic E-state index is 0.125. The molecule has 176 valence electrons. The van der Waals surface area contributed by atoms with E-state index >= 15 is 0 Å². The number of benzene rings is 1. The Morgan fingerprint density at radius 3 is 2.71 bits per heavy atom. The van der Waals surface area contributed by atoms with Crippen molar-refractivity contribution in [2.45, 2.75) is 37.8 Å². The number of nitrogens with zero attached hydrogens (tertiary/aromatic N) is 5. The molecular formula is C24H26ClN7O2. The van der Waals surface area contributed by atoms with Crippen molar-refractivity contribution in [3.8, 4) is 5.75 Å². The second-order valence-corrected chi connectivity index (χ2v) is 9.14. The van der Waals surface area contributed by atoms with Gasteiger partial charge in [-0.25, -0.2) is 9.97 Å². The van der Waals surface area contributed by atoms with E-state index < -0.39 is 0 Å². The zero-order valence-electron chi connectivity index (χ0n) is 18.7. The first kappa shape index (κ1) is 21.4. The second kappa shape index (κ2) is 9.23. The normalized spacial score (nSPS) is 21.1. The molecule has 4 aromatic rings. The Labute approximate surface area is 201 Å². The van der Waals surface area contributed by atoms with E-state index in [4.69, 9.17) is 21.1 Å². The van der Waals surface area contributed by atoms with Crippen LogP contribution >= 0.6 is 11.6 Å². The number of aromatic nitrogens is 5. The molecule has 9 nitrogen and oxygen atoms in total. The van der Waals surface area contributed by atoms with Crippen LogP contribution in [0.15, 0.2) is 36.8 Å². The van der Waals surface area contributed by atoms with E-state index in [1.165, 1.54) is 0 Å². The van der Waals surface area contributed by atoms with Crippen molar-refractivity contribution in [1.82, 2.24) is 24.9 Å². The molecule has 1 saturated carbocycles. The average Bonchev–Trinajstić information content (AvgIpc) is 3.35. The molecule has 0 radical (unpaired) electrons. The number of fused-ring (bicyclic) bond motifs is 2. The summed E-state index contributed by atoms with van der Waals surface area (Å²) in [6.07, 6.45) is 9.18. The molecule has 4 heterocycles. The van der Waals surface area contributed by atoms with E-state index in [0.717, 1.165) is 85.5 Å². The summed E-state index contributed by atoms with van der Waals surface area (Å²) in [5, 5.41) is 3.89. The predicted octanol–water partition coefficient (Wildman–Crippen LogP) is 4.19. The highest BCUT2D eigenvalue weighted by Gasteiger charge is 2.25. The lowest BCUT2D eigenvalue weighted by atomic mass is 9.93. The van der Waals surface area contributed by atoms with Gasteiger partial charge < -0.3 is 24.7 Å². The van der Waals surface area contributed by atoms with E-state index in [1.54, 1.807) is 12.4 Å². The molecule has 0 spiro atoms. The molecule has 3 aromatic heterocycles. The SMILES string of the molecule is Clc1nc(N[C@H]2CC[C@@H](Oc3cc(N4CCOCC4)cc4nccnc34)CC2)nc2cc[nH]c12. The summed E-state index contributed by atoms with van der Waals surface area (Å²) in [7, 11) is 0. The van der Waals surface area contributed by atoms with Gasteiger partial charge >= 0.3 is 0 Å². The summed E-state index contributed by atoms with van der Waals surface area (Å²) in [5.74, 6) is 1.37. The van der Waals surface area contributed by atoms with Crippen molar-refractivity contribution in [3.63, 3.8) is 0 Å². The molecule has 0 amide bonds. The molecule has 34 heavy (non-hydrogen) atoms. The van der Waals surface area contributed by atoms with Crippen molar-refractivity contribution in [2.24, 2.45) is 0 Å². The van der Waals surface area contributed by atoms with Gasteiger partial charge in [0.1, 0.15) is 16.8 Å². The summed E-state index contributed by atoms with van der Waals surface area (Å²) in [4.78, 5) is 23.4. The number of rotatable bonds is 5. The lowest BCUT2D eigenvalue weighted by Crippen LogP contribution is -2.36. The third-order valence-corrected chi connectivity index (χ3v) is 6.84. The van der Waals surface area contributed by atoms with Crippen LogP contribution < -0.4 is 15.0 Å². The monoisotopic (exact) mass is 479 g/mol. The Morgan fingerprint density at radius 2 is 1.85 bits per heavy atom. The van der Waals surface area contributed by atoms with Crippen LogP contribution in [0.2, 0.25) is 5.15 Å². The van der Waals surface area contributed by atoms with Gasteiger partial charge in [0, 0.05) is 49.5 Å². The number of nitrogens with one attached hydrogen (secondary N) is 2. The van der Waals surface area contributed by atoms with E-state index in [0.29, 0.717) is 11.1 Å². The van der Waals surface area contributed by atoms with E-state index in [9.17, 15) is 0 Å². The topological polar surface area (TPSA) is 101 Å². The van der Waals surface area contributed by atoms with Crippen LogP contribution in [0.25, 0.3) is 22.1 Å². The molecule has 1 aromatic carbocycles. The Morgan fingerprint density at radius 1 is 1.03 bits per heavy atom. The van der Waals surface area contributed by atoms with Crippen molar-refractivity contribution in [2.75, 3.05) is 36.5 Å². The first-order chi connectivity index (χ1) is 16.7. The average molecular weight is 480 g/mol. The molecule has 1 aliphatic heterocycles. The number of hydrogen-bond acceptors (Lipinski definition) is 8. The fourth-order valence-corrected chi connectivity index (χ4v) is 5.01. The highest BCUT2D eigenvalue weighted by molar-refractivity contribution is 6.33. The summed E-state index contributed by atoms with van der Waals surface area (Å²) in [6.45, 7) is 3.19. The number of ether oxygens (including phenoxy) is 2. The molecule has 0 unspecified atom stereocenters. The van der Waals surface area contributed by atoms with Gasteiger partial charge in [0.2, 0.25) is 5.95 Å². The molecule has 0 atom stereocenters. The van der Waals surface area contributed by atoms with Gasteiger partial charge in [-0.05, 0) is 37.8 Å². The van der Waals surface area contributed by atoms with Crippen LogP contribution in [0.1, 0.15) is 25.7 Å². The third-order valence-electron chi connectivity index (χ3n) is 6.56. The molecular weight excluding hydrogens is 454 g/mol.